The minimum Gasteiger partial charge on any atom is -0.454 e. The van der Waals surface area contributed by atoms with Gasteiger partial charge >= 0.3 is 0 Å². The number of carbonyl (C=O) groups excluding carboxylic acids is 1. The lowest BCUT2D eigenvalue weighted by atomic mass is 10.1. The molecule has 6 nitrogen and oxygen atoms in total. The SMILES string of the molecule is Cc1cccc2cc(CN(Cc3ccc4c(c3)OCO4)C(=O)c3ccc(Br)cc3)c(=O)[nH]c12. The van der Waals surface area contributed by atoms with E-state index in [4.69, 9.17) is 9.47 Å². The molecule has 0 radical (unpaired) electrons. The smallest absolute Gasteiger partial charge is 0.254 e. The molecule has 4 aromatic rings. The van der Waals surface area contributed by atoms with Crippen molar-refractivity contribution in [3.8, 4) is 11.5 Å². The highest BCUT2D eigenvalue weighted by atomic mass is 79.9. The van der Waals surface area contributed by atoms with Gasteiger partial charge in [0, 0.05) is 22.1 Å². The van der Waals surface area contributed by atoms with E-state index in [1.807, 2.05) is 61.5 Å². The van der Waals surface area contributed by atoms with Crippen LogP contribution in [0.15, 0.2) is 76.0 Å². The predicted octanol–water partition coefficient (Wildman–Crippen LogP) is 5.17. The third-order valence-corrected chi connectivity index (χ3v) is 6.24. The quantitative estimate of drug-likeness (QED) is 0.406. The van der Waals surface area contributed by atoms with E-state index < -0.39 is 0 Å². The Morgan fingerprint density at radius 3 is 2.61 bits per heavy atom. The summed E-state index contributed by atoms with van der Waals surface area (Å²) < 4.78 is 11.8. The normalized spacial score (nSPS) is 12.2. The van der Waals surface area contributed by atoms with Crippen molar-refractivity contribution in [2.45, 2.75) is 20.0 Å². The molecule has 33 heavy (non-hydrogen) atoms. The first-order valence-electron chi connectivity index (χ1n) is 10.5. The number of halogens is 1. The van der Waals surface area contributed by atoms with E-state index in [1.54, 1.807) is 17.0 Å². The van der Waals surface area contributed by atoms with Crippen LogP contribution in [0.1, 0.15) is 27.0 Å². The van der Waals surface area contributed by atoms with Gasteiger partial charge in [-0.05, 0) is 65.9 Å². The molecule has 1 aromatic heterocycles. The van der Waals surface area contributed by atoms with Gasteiger partial charge in [0.25, 0.3) is 11.5 Å². The maximum absolute atomic E-state index is 13.5. The number of nitrogens with zero attached hydrogens (tertiary/aromatic N) is 1. The number of pyridine rings is 1. The van der Waals surface area contributed by atoms with Crippen molar-refractivity contribution in [3.63, 3.8) is 0 Å². The maximum atomic E-state index is 13.5. The lowest BCUT2D eigenvalue weighted by molar-refractivity contribution is 0.0729. The van der Waals surface area contributed by atoms with Gasteiger partial charge in [-0.2, -0.15) is 0 Å². The number of fused-ring (bicyclic) bond motifs is 2. The number of hydrogen-bond donors (Lipinski definition) is 1. The van der Waals surface area contributed by atoms with Crippen molar-refractivity contribution in [2.24, 2.45) is 0 Å². The molecule has 0 saturated carbocycles. The summed E-state index contributed by atoms with van der Waals surface area (Å²) in [5, 5.41) is 0.934. The summed E-state index contributed by atoms with van der Waals surface area (Å²) in [4.78, 5) is 31.0. The number of ether oxygens (including phenoxy) is 2. The van der Waals surface area contributed by atoms with Gasteiger partial charge in [0.1, 0.15) is 0 Å². The molecule has 0 unspecified atom stereocenters. The minimum absolute atomic E-state index is 0.163. The fourth-order valence-electron chi connectivity index (χ4n) is 3.99. The van der Waals surface area contributed by atoms with Crippen LogP contribution in [0.3, 0.4) is 0 Å². The van der Waals surface area contributed by atoms with Crippen molar-refractivity contribution >= 4 is 32.7 Å². The molecule has 0 spiro atoms. The molecule has 0 fully saturated rings. The molecule has 0 bridgehead atoms. The molecule has 1 amide bonds. The topological polar surface area (TPSA) is 71.6 Å². The van der Waals surface area contributed by atoms with Gasteiger partial charge in [-0.25, -0.2) is 0 Å². The Bertz CT molecular complexity index is 1410. The maximum Gasteiger partial charge on any atom is 0.254 e. The number of nitrogens with one attached hydrogen (secondary N) is 1. The monoisotopic (exact) mass is 504 g/mol. The molecule has 2 heterocycles. The Morgan fingerprint density at radius 1 is 1.00 bits per heavy atom. The average molecular weight is 505 g/mol. The first-order valence-corrected chi connectivity index (χ1v) is 11.3. The Kier molecular flexibility index (Phi) is 5.64. The van der Waals surface area contributed by atoms with Gasteiger partial charge in [-0.1, -0.05) is 40.2 Å². The van der Waals surface area contributed by atoms with E-state index in [0.29, 0.717) is 29.2 Å². The molecule has 1 aliphatic rings. The highest BCUT2D eigenvalue weighted by molar-refractivity contribution is 9.10. The lowest BCUT2D eigenvalue weighted by Gasteiger charge is -2.23. The molecule has 0 saturated heterocycles. The molecule has 5 rings (SSSR count). The lowest BCUT2D eigenvalue weighted by Crippen LogP contribution is -2.32. The van der Waals surface area contributed by atoms with Gasteiger partial charge in [0.2, 0.25) is 6.79 Å². The second-order valence-corrected chi connectivity index (χ2v) is 8.93. The van der Waals surface area contributed by atoms with Gasteiger partial charge < -0.3 is 19.4 Å². The van der Waals surface area contributed by atoms with E-state index >= 15 is 0 Å². The van der Waals surface area contributed by atoms with Gasteiger partial charge in [-0.15, -0.1) is 0 Å². The second-order valence-electron chi connectivity index (χ2n) is 8.02. The molecule has 3 aromatic carbocycles. The minimum atomic E-state index is -0.198. The summed E-state index contributed by atoms with van der Waals surface area (Å²) in [6.07, 6.45) is 0. The molecule has 0 atom stereocenters. The average Bonchev–Trinajstić information content (AvgIpc) is 3.28. The summed E-state index contributed by atoms with van der Waals surface area (Å²) in [7, 11) is 0. The summed E-state index contributed by atoms with van der Waals surface area (Å²) >= 11 is 3.41. The largest absolute Gasteiger partial charge is 0.454 e. The number of aryl methyl sites for hydroxylation is 1. The molecule has 1 N–H and O–H groups in total. The van der Waals surface area contributed by atoms with Gasteiger partial charge in [-0.3, -0.25) is 9.59 Å². The van der Waals surface area contributed by atoms with Gasteiger partial charge in [0.05, 0.1) is 12.1 Å². The first kappa shape index (κ1) is 21.3. The van der Waals surface area contributed by atoms with Crippen molar-refractivity contribution in [2.75, 3.05) is 6.79 Å². The number of amides is 1. The number of aromatic amines is 1. The fourth-order valence-corrected chi connectivity index (χ4v) is 4.25. The summed E-state index contributed by atoms with van der Waals surface area (Å²) in [6, 6.07) is 20.6. The molecular weight excluding hydrogens is 484 g/mol. The van der Waals surface area contributed by atoms with Crippen LogP contribution < -0.4 is 15.0 Å². The Morgan fingerprint density at radius 2 is 1.79 bits per heavy atom. The van der Waals surface area contributed by atoms with E-state index in [0.717, 1.165) is 26.5 Å². The number of rotatable bonds is 5. The zero-order valence-electron chi connectivity index (χ0n) is 17.9. The Hall–Kier alpha value is -3.58. The van der Waals surface area contributed by atoms with Crippen LogP contribution in [-0.2, 0) is 13.1 Å². The first-order chi connectivity index (χ1) is 16.0. The third-order valence-electron chi connectivity index (χ3n) is 5.71. The standard InChI is InChI=1S/C26H21BrN2O4/c1-16-3-2-4-19-12-20(25(30)28-24(16)19)14-29(26(31)18-6-8-21(27)9-7-18)13-17-5-10-22-23(11-17)33-15-32-22/h2-12H,13-15H2,1H3,(H,28,30). The number of H-pyrrole nitrogens is 1. The van der Waals surface area contributed by atoms with Crippen LogP contribution in [0, 0.1) is 6.92 Å². The van der Waals surface area contributed by atoms with Crippen molar-refractivity contribution < 1.29 is 14.3 Å². The fraction of sp³-hybridized carbons (Fsp3) is 0.154. The van der Waals surface area contributed by atoms with Crippen LogP contribution in [-0.4, -0.2) is 22.6 Å². The summed E-state index contributed by atoms with van der Waals surface area (Å²) in [5.74, 6) is 1.18. The van der Waals surface area contributed by atoms with Crippen LogP contribution in [0.5, 0.6) is 11.5 Å². The van der Waals surface area contributed by atoms with E-state index in [-0.39, 0.29) is 24.8 Å². The van der Waals surface area contributed by atoms with Gasteiger partial charge in [0.15, 0.2) is 11.5 Å². The summed E-state index contributed by atoms with van der Waals surface area (Å²) in [5.41, 5.74) is 3.58. The molecule has 1 aliphatic heterocycles. The van der Waals surface area contributed by atoms with Crippen molar-refractivity contribution in [1.82, 2.24) is 9.88 Å². The van der Waals surface area contributed by atoms with E-state index in [9.17, 15) is 9.59 Å². The zero-order chi connectivity index (χ0) is 22.9. The molecule has 0 aliphatic carbocycles. The Balaban J connectivity index is 1.51. The van der Waals surface area contributed by atoms with E-state index in [1.165, 1.54) is 0 Å². The van der Waals surface area contributed by atoms with Crippen LogP contribution in [0.25, 0.3) is 10.9 Å². The van der Waals surface area contributed by atoms with Crippen LogP contribution in [0.2, 0.25) is 0 Å². The number of benzene rings is 3. The van der Waals surface area contributed by atoms with Crippen LogP contribution >= 0.6 is 15.9 Å². The molecule has 166 valence electrons. The van der Waals surface area contributed by atoms with Crippen molar-refractivity contribution in [3.05, 3.63) is 104 Å². The molecule has 7 heteroatoms. The van der Waals surface area contributed by atoms with Crippen LogP contribution in [0.4, 0.5) is 0 Å². The number of hydrogen-bond acceptors (Lipinski definition) is 4. The van der Waals surface area contributed by atoms with E-state index in [2.05, 4.69) is 20.9 Å². The second kappa shape index (κ2) is 8.75. The highest BCUT2D eigenvalue weighted by Crippen LogP contribution is 2.33. The Labute approximate surface area is 198 Å². The number of para-hydroxylation sites is 1. The highest BCUT2D eigenvalue weighted by Gasteiger charge is 2.21. The third kappa shape index (κ3) is 4.36. The predicted molar refractivity (Wildman–Crippen MR) is 130 cm³/mol. The number of carbonyl (C=O) groups is 1. The molecular formula is C26H21BrN2O4. The number of aromatic nitrogens is 1. The summed E-state index contributed by atoms with van der Waals surface area (Å²) in [6.45, 7) is 2.63. The zero-order valence-corrected chi connectivity index (χ0v) is 19.5. The van der Waals surface area contributed by atoms with Crippen molar-refractivity contribution in [1.29, 1.82) is 0 Å².